The second kappa shape index (κ2) is 7.78. The van der Waals surface area contributed by atoms with Crippen LogP contribution in [0.1, 0.15) is 39.0 Å². The van der Waals surface area contributed by atoms with Gasteiger partial charge >= 0.3 is 5.97 Å². The predicted molar refractivity (Wildman–Crippen MR) is 101 cm³/mol. The molecule has 0 aromatic heterocycles. The van der Waals surface area contributed by atoms with Crippen LogP contribution in [0.15, 0.2) is 28.7 Å². The Bertz CT molecular complexity index is 715. The standard InChI is InChI=1S/C19H23BrN2O4/c1-2-26-18(25)19(8-3-4-9-19)21-17(24)13-10-16(23)22(12-13)15-7-5-6-14(20)11-15/h5-7,11,13H,2-4,8-10,12H2,1H3,(H,21,24). The molecule has 1 N–H and O–H groups in total. The number of esters is 1. The van der Waals surface area contributed by atoms with E-state index in [0.717, 1.165) is 23.0 Å². The molecule has 1 aromatic rings. The van der Waals surface area contributed by atoms with Crippen molar-refractivity contribution < 1.29 is 19.1 Å². The lowest BCUT2D eigenvalue weighted by Crippen LogP contribution is -2.55. The van der Waals surface area contributed by atoms with Crippen molar-refractivity contribution >= 4 is 39.4 Å². The maximum atomic E-state index is 12.8. The second-order valence-electron chi connectivity index (χ2n) is 6.88. The van der Waals surface area contributed by atoms with Crippen LogP contribution in [0.25, 0.3) is 0 Å². The van der Waals surface area contributed by atoms with E-state index in [9.17, 15) is 14.4 Å². The van der Waals surface area contributed by atoms with Gasteiger partial charge in [0.1, 0.15) is 5.54 Å². The molecular weight excluding hydrogens is 400 g/mol. The van der Waals surface area contributed by atoms with E-state index in [-0.39, 0.29) is 30.8 Å². The number of benzene rings is 1. The first-order chi connectivity index (χ1) is 12.4. The fourth-order valence-electron chi connectivity index (χ4n) is 3.74. The number of carbonyl (C=O) groups is 3. The Morgan fingerprint density at radius 1 is 1.35 bits per heavy atom. The molecule has 1 atom stereocenters. The van der Waals surface area contributed by atoms with E-state index in [1.165, 1.54) is 0 Å². The summed E-state index contributed by atoms with van der Waals surface area (Å²) in [6, 6.07) is 7.45. The summed E-state index contributed by atoms with van der Waals surface area (Å²) in [7, 11) is 0. The normalized spacial score (nSPS) is 21.7. The zero-order valence-electron chi connectivity index (χ0n) is 14.8. The van der Waals surface area contributed by atoms with Crippen LogP contribution in [0.5, 0.6) is 0 Å². The molecular formula is C19H23BrN2O4. The number of rotatable bonds is 5. The summed E-state index contributed by atoms with van der Waals surface area (Å²) in [4.78, 5) is 39.2. The molecule has 0 radical (unpaired) electrons. The van der Waals surface area contributed by atoms with E-state index in [4.69, 9.17) is 4.74 Å². The van der Waals surface area contributed by atoms with Crippen molar-refractivity contribution in [3.05, 3.63) is 28.7 Å². The molecule has 1 saturated heterocycles. The molecule has 140 valence electrons. The molecule has 26 heavy (non-hydrogen) atoms. The number of anilines is 1. The van der Waals surface area contributed by atoms with E-state index in [1.54, 1.807) is 11.8 Å². The van der Waals surface area contributed by atoms with Gasteiger partial charge < -0.3 is 15.0 Å². The highest BCUT2D eigenvalue weighted by atomic mass is 79.9. The second-order valence-corrected chi connectivity index (χ2v) is 7.80. The minimum Gasteiger partial charge on any atom is -0.464 e. The van der Waals surface area contributed by atoms with Gasteiger partial charge in [-0.3, -0.25) is 9.59 Å². The summed E-state index contributed by atoms with van der Waals surface area (Å²) >= 11 is 3.40. The quantitative estimate of drug-likeness (QED) is 0.740. The molecule has 1 aliphatic heterocycles. The summed E-state index contributed by atoms with van der Waals surface area (Å²) in [5, 5.41) is 2.92. The van der Waals surface area contributed by atoms with Crippen molar-refractivity contribution in [2.45, 2.75) is 44.6 Å². The highest BCUT2D eigenvalue weighted by Gasteiger charge is 2.46. The van der Waals surface area contributed by atoms with Crippen LogP contribution in [0.2, 0.25) is 0 Å². The molecule has 7 heteroatoms. The molecule has 2 fully saturated rings. The number of hydrogen-bond acceptors (Lipinski definition) is 4. The van der Waals surface area contributed by atoms with E-state index >= 15 is 0 Å². The van der Waals surface area contributed by atoms with E-state index in [0.29, 0.717) is 19.4 Å². The van der Waals surface area contributed by atoms with Gasteiger partial charge in [0.15, 0.2) is 0 Å². The average Bonchev–Trinajstić information content (AvgIpc) is 3.23. The van der Waals surface area contributed by atoms with Crippen molar-refractivity contribution in [2.75, 3.05) is 18.1 Å². The number of amides is 2. The fraction of sp³-hybridized carbons (Fsp3) is 0.526. The highest BCUT2D eigenvalue weighted by Crippen LogP contribution is 2.33. The molecule has 1 aliphatic carbocycles. The third-order valence-corrected chi connectivity index (χ3v) is 5.59. The Kier molecular flexibility index (Phi) is 5.65. The van der Waals surface area contributed by atoms with Crippen molar-refractivity contribution in [2.24, 2.45) is 5.92 Å². The Labute approximate surface area is 161 Å². The van der Waals surface area contributed by atoms with Crippen LogP contribution in [-0.2, 0) is 19.1 Å². The van der Waals surface area contributed by atoms with Crippen LogP contribution in [0.4, 0.5) is 5.69 Å². The van der Waals surface area contributed by atoms with Gasteiger partial charge in [0, 0.05) is 23.1 Å². The van der Waals surface area contributed by atoms with Gasteiger partial charge in [-0.2, -0.15) is 0 Å². The number of ether oxygens (including phenoxy) is 1. The van der Waals surface area contributed by atoms with Gasteiger partial charge in [-0.05, 0) is 38.0 Å². The molecule has 3 rings (SSSR count). The van der Waals surface area contributed by atoms with Gasteiger partial charge in [0.25, 0.3) is 0 Å². The van der Waals surface area contributed by atoms with Crippen molar-refractivity contribution in [3.63, 3.8) is 0 Å². The Morgan fingerprint density at radius 2 is 2.08 bits per heavy atom. The summed E-state index contributed by atoms with van der Waals surface area (Å²) in [6.45, 7) is 2.36. The maximum Gasteiger partial charge on any atom is 0.331 e. The lowest BCUT2D eigenvalue weighted by Gasteiger charge is -2.29. The average molecular weight is 423 g/mol. The van der Waals surface area contributed by atoms with Gasteiger partial charge in [-0.25, -0.2) is 4.79 Å². The Hall–Kier alpha value is -1.89. The van der Waals surface area contributed by atoms with Gasteiger partial charge in [-0.15, -0.1) is 0 Å². The third-order valence-electron chi connectivity index (χ3n) is 5.10. The first-order valence-electron chi connectivity index (χ1n) is 9.00. The topological polar surface area (TPSA) is 75.7 Å². The SMILES string of the molecule is CCOC(=O)C1(NC(=O)C2CC(=O)N(c3cccc(Br)c3)C2)CCCC1. The zero-order chi connectivity index (χ0) is 18.7. The summed E-state index contributed by atoms with van der Waals surface area (Å²) in [5.41, 5.74) is -0.167. The smallest absolute Gasteiger partial charge is 0.331 e. The van der Waals surface area contributed by atoms with Crippen LogP contribution >= 0.6 is 15.9 Å². The van der Waals surface area contributed by atoms with E-state index in [2.05, 4.69) is 21.2 Å². The number of nitrogens with one attached hydrogen (secondary N) is 1. The summed E-state index contributed by atoms with van der Waals surface area (Å²) in [5.74, 6) is -1.15. The molecule has 1 unspecified atom stereocenters. The molecule has 0 spiro atoms. The molecule has 0 bridgehead atoms. The fourth-order valence-corrected chi connectivity index (χ4v) is 4.13. The van der Waals surface area contributed by atoms with Crippen LogP contribution in [0.3, 0.4) is 0 Å². The molecule has 6 nitrogen and oxygen atoms in total. The van der Waals surface area contributed by atoms with Gasteiger partial charge in [-0.1, -0.05) is 34.8 Å². The lowest BCUT2D eigenvalue weighted by atomic mass is 9.95. The molecule has 1 saturated carbocycles. The van der Waals surface area contributed by atoms with Gasteiger partial charge in [0.05, 0.1) is 12.5 Å². The first-order valence-corrected chi connectivity index (χ1v) is 9.79. The molecule has 2 aliphatic rings. The van der Waals surface area contributed by atoms with Gasteiger partial charge in [0.2, 0.25) is 11.8 Å². The van der Waals surface area contributed by atoms with Crippen LogP contribution < -0.4 is 10.2 Å². The van der Waals surface area contributed by atoms with E-state index < -0.39 is 11.5 Å². The monoisotopic (exact) mass is 422 g/mol. The minimum absolute atomic E-state index is 0.0835. The van der Waals surface area contributed by atoms with Crippen molar-refractivity contribution in [1.82, 2.24) is 5.32 Å². The predicted octanol–water partition coefficient (Wildman–Crippen LogP) is 2.79. The summed E-state index contributed by atoms with van der Waals surface area (Å²) in [6.07, 6.45) is 3.10. The van der Waals surface area contributed by atoms with Crippen LogP contribution in [-0.4, -0.2) is 36.5 Å². The molecule has 2 amide bonds. The largest absolute Gasteiger partial charge is 0.464 e. The minimum atomic E-state index is -0.931. The van der Waals surface area contributed by atoms with E-state index in [1.807, 2.05) is 24.3 Å². The van der Waals surface area contributed by atoms with Crippen molar-refractivity contribution in [1.29, 1.82) is 0 Å². The number of carbonyl (C=O) groups excluding carboxylic acids is 3. The first kappa shape index (κ1) is 18.9. The lowest BCUT2D eigenvalue weighted by molar-refractivity contribution is -0.153. The molecule has 1 aromatic carbocycles. The summed E-state index contributed by atoms with van der Waals surface area (Å²) < 4.78 is 6.06. The third kappa shape index (κ3) is 3.77. The maximum absolute atomic E-state index is 12.8. The highest BCUT2D eigenvalue weighted by molar-refractivity contribution is 9.10. The zero-order valence-corrected chi connectivity index (χ0v) is 16.4. The Balaban J connectivity index is 1.70. The number of nitrogens with zero attached hydrogens (tertiary/aromatic N) is 1. The number of halogens is 1. The van der Waals surface area contributed by atoms with Crippen molar-refractivity contribution in [3.8, 4) is 0 Å². The number of hydrogen-bond donors (Lipinski definition) is 1. The Morgan fingerprint density at radius 3 is 2.73 bits per heavy atom. The van der Waals surface area contributed by atoms with Crippen LogP contribution in [0, 0.1) is 5.92 Å². The molecule has 1 heterocycles.